The van der Waals surface area contributed by atoms with Crippen molar-refractivity contribution in [3.8, 4) is 5.88 Å². The first-order valence-electron chi connectivity index (χ1n) is 4.73. The van der Waals surface area contributed by atoms with Crippen LogP contribution in [0, 0.1) is 0 Å². The molecule has 0 aliphatic heterocycles. The Morgan fingerprint density at radius 3 is 2.94 bits per heavy atom. The monoisotopic (exact) mass is 231 g/mol. The van der Waals surface area contributed by atoms with E-state index in [2.05, 4.69) is 25.5 Å². The smallest absolute Gasteiger partial charge is 0.275 e. The van der Waals surface area contributed by atoms with Crippen LogP contribution in [0.5, 0.6) is 5.88 Å². The lowest BCUT2D eigenvalue weighted by molar-refractivity contribution is 0.102. The standard InChI is InChI=1S/C10H9N5O2/c1-17-9-4-7(5-13-15-9)14-10(16)8-6-11-2-3-12-8/h2-6H,1H3,(H,14,15,16). The summed E-state index contributed by atoms with van der Waals surface area (Å²) in [6.45, 7) is 0. The Labute approximate surface area is 96.9 Å². The minimum absolute atomic E-state index is 0.225. The number of carbonyl (C=O) groups is 1. The van der Waals surface area contributed by atoms with E-state index in [1.165, 1.54) is 31.9 Å². The van der Waals surface area contributed by atoms with Gasteiger partial charge < -0.3 is 10.1 Å². The van der Waals surface area contributed by atoms with Gasteiger partial charge in [-0.15, -0.1) is 5.10 Å². The average molecular weight is 231 g/mol. The number of nitrogens with zero attached hydrogens (tertiary/aromatic N) is 4. The van der Waals surface area contributed by atoms with Crippen molar-refractivity contribution in [3.63, 3.8) is 0 Å². The van der Waals surface area contributed by atoms with Gasteiger partial charge in [0.15, 0.2) is 0 Å². The molecule has 1 amide bonds. The van der Waals surface area contributed by atoms with Gasteiger partial charge in [-0.25, -0.2) is 4.98 Å². The lowest BCUT2D eigenvalue weighted by atomic mass is 10.4. The van der Waals surface area contributed by atoms with Crippen molar-refractivity contribution < 1.29 is 9.53 Å². The third kappa shape index (κ3) is 2.71. The Kier molecular flexibility index (Phi) is 3.20. The molecule has 0 aromatic carbocycles. The third-order valence-corrected chi connectivity index (χ3v) is 1.89. The van der Waals surface area contributed by atoms with E-state index in [0.29, 0.717) is 11.6 Å². The minimum Gasteiger partial charge on any atom is -0.480 e. The van der Waals surface area contributed by atoms with Crippen molar-refractivity contribution >= 4 is 11.6 Å². The van der Waals surface area contributed by atoms with E-state index in [0.717, 1.165) is 0 Å². The van der Waals surface area contributed by atoms with Gasteiger partial charge in [0.25, 0.3) is 5.91 Å². The number of amides is 1. The molecule has 0 bridgehead atoms. The van der Waals surface area contributed by atoms with Crippen LogP contribution in [-0.2, 0) is 0 Å². The number of aromatic nitrogens is 4. The number of hydrogen-bond donors (Lipinski definition) is 1. The summed E-state index contributed by atoms with van der Waals surface area (Å²) in [6, 6.07) is 1.56. The predicted molar refractivity (Wildman–Crippen MR) is 58.6 cm³/mol. The van der Waals surface area contributed by atoms with Crippen LogP contribution in [-0.4, -0.2) is 33.2 Å². The molecule has 7 nitrogen and oxygen atoms in total. The van der Waals surface area contributed by atoms with Crippen LogP contribution in [0.4, 0.5) is 5.69 Å². The number of anilines is 1. The fourth-order valence-electron chi connectivity index (χ4n) is 1.13. The summed E-state index contributed by atoms with van der Waals surface area (Å²) in [7, 11) is 1.47. The second kappa shape index (κ2) is 4.97. The first kappa shape index (κ1) is 10.9. The number of nitrogens with one attached hydrogen (secondary N) is 1. The maximum absolute atomic E-state index is 11.7. The SMILES string of the molecule is COc1cc(NC(=O)c2cnccn2)cnn1. The van der Waals surface area contributed by atoms with E-state index >= 15 is 0 Å². The third-order valence-electron chi connectivity index (χ3n) is 1.89. The molecule has 2 aromatic rings. The van der Waals surface area contributed by atoms with Crippen molar-refractivity contribution in [2.75, 3.05) is 12.4 Å². The Hall–Kier alpha value is -2.57. The maximum Gasteiger partial charge on any atom is 0.275 e. The van der Waals surface area contributed by atoms with E-state index < -0.39 is 0 Å². The van der Waals surface area contributed by atoms with E-state index in [-0.39, 0.29) is 11.6 Å². The van der Waals surface area contributed by atoms with Crippen molar-refractivity contribution in [2.24, 2.45) is 0 Å². The molecule has 0 saturated heterocycles. The van der Waals surface area contributed by atoms with Crippen LogP contribution in [0.25, 0.3) is 0 Å². The van der Waals surface area contributed by atoms with E-state index in [4.69, 9.17) is 4.74 Å². The predicted octanol–water partition coefficient (Wildman–Crippen LogP) is 0.527. The quantitative estimate of drug-likeness (QED) is 0.828. The molecule has 0 radical (unpaired) electrons. The van der Waals surface area contributed by atoms with Crippen LogP contribution in [0.2, 0.25) is 0 Å². The van der Waals surface area contributed by atoms with Gasteiger partial charge in [0.2, 0.25) is 5.88 Å². The summed E-state index contributed by atoms with van der Waals surface area (Å²) < 4.78 is 4.89. The summed E-state index contributed by atoms with van der Waals surface area (Å²) in [5.74, 6) is -0.0462. The normalized spacial score (nSPS) is 9.71. The molecular formula is C10H9N5O2. The van der Waals surface area contributed by atoms with Gasteiger partial charge >= 0.3 is 0 Å². The van der Waals surface area contributed by atoms with Crippen LogP contribution in [0.15, 0.2) is 30.9 Å². The van der Waals surface area contributed by atoms with Crippen LogP contribution < -0.4 is 10.1 Å². The summed E-state index contributed by atoms with van der Waals surface area (Å²) in [4.78, 5) is 19.4. The highest BCUT2D eigenvalue weighted by molar-refractivity contribution is 6.02. The van der Waals surface area contributed by atoms with Gasteiger partial charge in [-0.1, -0.05) is 0 Å². The van der Waals surface area contributed by atoms with Crippen LogP contribution in [0.1, 0.15) is 10.5 Å². The molecule has 0 fully saturated rings. The van der Waals surface area contributed by atoms with E-state index in [9.17, 15) is 4.79 Å². The first-order chi connectivity index (χ1) is 8.29. The molecule has 1 N–H and O–H groups in total. The Balaban J connectivity index is 2.13. The number of ether oxygens (including phenoxy) is 1. The van der Waals surface area contributed by atoms with Crippen molar-refractivity contribution in [1.29, 1.82) is 0 Å². The molecule has 86 valence electrons. The van der Waals surface area contributed by atoms with E-state index in [1.807, 2.05) is 0 Å². The van der Waals surface area contributed by atoms with E-state index in [1.54, 1.807) is 6.07 Å². The maximum atomic E-state index is 11.7. The summed E-state index contributed by atoms with van der Waals surface area (Å²) in [5, 5.41) is 9.97. The lowest BCUT2D eigenvalue weighted by Crippen LogP contribution is -2.14. The van der Waals surface area contributed by atoms with Crippen molar-refractivity contribution in [1.82, 2.24) is 20.2 Å². The number of rotatable bonds is 3. The fraction of sp³-hybridized carbons (Fsp3) is 0.100. The highest BCUT2D eigenvalue weighted by atomic mass is 16.5. The number of hydrogen-bond acceptors (Lipinski definition) is 6. The van der Waals surface area contributed by atoms with Gasteiger partial charge in [-0.05, 0) is 0 Å². The first-order valence-corrected chi connectivity index (χ1v) is 4.73. The average Bonchev–Trinajstić information content (AvgIpc) is 2.40. The number of methoxy groups -OCH3 is 1. The van der Waals surface area contributed by atoms with Gasteiger partial charge in [-0.2, -0.15) is 5.10 Å². The largest absolute Gasteiger partial charge is 0.480 e. The van der Waals surface area contributed by atoms with Gasteiger partial charge in [-0.3, -0.25) is 9.78 Å². The molecule has 0 atom stereocenters. The molecule has 0 aliphatic carbocycles. The Morgan fingerprint density at radius 2 is 2.24 bits per heavy atom. The molecule has 0 unspecified atom stereocenters. The zero-order valence-electron chi connectivity index (χ0n) is 8.99. The summed E-state index contributed by atoms with van der Waals surface area (Å²) in [5.41, 5.74) is 0.704. The van der Waals surface area contributed by atoms with Crippen LogP contribution in [0.3, 0.4) is 0 Å². The lowest BCUT2D eigenvalue weighted by Gasteiger charge is -2.04. The second-order valence-corrected chi connectivity index (χ2v) is 3.03. The molecule has 2 rings (SSSR count). The minimum atomic E-state index is -0.367. The van der Waals surface area contributed by atoms with Gasteiger partial charge in [0.1, 0.15) is 5.69 Å². The second-order valence-electron chi connectivity index (χ2n) is 3.03. The molecule has 2 heterocycles. The molecule has 0 spiro atoms. The van der Waals surface area contributed by atoms with Gasteiger partial charge in [0, 0.05) is 18.5 Å². The zero-order chi connectivity index (χ0) is 12.1. The fourth-order valence-corrected chi connectivity index (χ4v) is 1.13. The molecule has 0 saturated carbocycles. The number of carbonyl (C=O) groups excluding carboxylic acids is 1. The molecule has 0 aliphatic rings. The summed E-state index contributed by atoms with van der Waals surface area (Å²) >= 11 is 0. The Bertz CT molecular complexity index is 517. The molecule has 7 heteroatoms. The zero-order valence-corrected chi connectivity index (χ0v) is 8.99. The topological polar surface area (TPSA) is 89.9 Å². The molecule has 17 heavy (non-hydrogen) atoms. The van der Waals surface area contributed by atoms with Gasteiger partial charge in [0.05, 0.1) is 25.2 Å². The highest BCUT2D eigenvalue weighted by Crippen LogP contribution is 2.12. The summed E-state index contributed by atoms with van der Waals surface area (Å²) in [6.07, 6.45) is 5.73. The van der Waals surface area contributed by atoms with Crippen molar-refractivity contribution in [3.05, 3.63) is 36.5 Å². The molecule has 2 aromatic heterocycles. The highest BCUT2D eigenvalue weighted by Gasteiger charge is 2.08. The van der Waals surface area contributed by atoms with Crippen molar-refractivity contribution in [2.45, 2.75) is 0 Å². The van der Waals surface area contributed by atoms with Crippen LogP contribution >= 0.6 is 0 Å². The molecular weight excluding hydrogens is 222 g/mol. The Morgan fingerprint density at radius 1 is 1.35 bits per heavy atom.